The summed E-state index contributed by atoms with van der Waals surface area (Å²) in [6.07, 6.45) is 3.36. The van der Waals surface area contributed by atoms with E-state index in [9.17, 15) is 4.79 Å². The lowest BCUT2D eigenvalue weighted by Gasteiger charge is -2.16. The largest absolute Gasteiger partial charge is 0.473 e. The highest BCUT2D eigenvalue weighted by Gasteiger charge is 2.43. The number of aliphatic carboxylic acids is 2. The predicted molar refractivity (Wildman–Crippen MR) is 55.3 cm³/mol. The number of hydrogen-bond acceptors (Lipinski definition) is 5. The average molecular weight is 245 g/mol. The molecular weight excluding hydrogens is 230 g/mol. The Labute approximate surface area is 97.8 Å². The molecule has 2 heterocycles. The smallest absolute Gasteiger partial charge is 0.414 e. The summed E-state index contributed by atoms with van der Waals surface area (Å²) in [7, 11) is 1.47. The van der Waals surface area contributed by atoms with Gasteiger partial charge in [0.15, 0.2) is 0 Å². The Balaban J connectivity index is 0.000000209. The first-order valence-corrected chi connectivity index (χ1v) is 5.25. The fraction of sp³-hybridized carbons (Fsp3) is 0.700. The average Bonchev–Trinajstić information content (AvgIpc) is 2.90. The van der Waals surface area contributed by atoms with Crippen molar-refractivity contribution in [1.29, 1.82) is 0 Å². The topological polar surface area (TPSA) is 113 Å². The third-order valence-corrected chi connectivity index (χ3v) is 2.99. The molecule has 0 aliphatic carbocycles. The highest BCUT2D eigenvalue weighted by atomic mass is 16.5. The van der Waals surface area contributed by atoms with E-state index in [1.54, 1.807) is 0 Å². The minimum atomic E-state index is -1.82. The summed E-state index contributed by atoms with van der Waals surface area (Å²) in [5.74, 6) is -3.55. The summed E-state index contributed by atoms with van der Waals surface area (Å²) in [5.41, 5.74) is 0. The summed E-state index contributed by atoms with van der Waals surface area (Å²) in [4.78, 5) is 29.3. The molecule has 2 fully saturated rings. The van der Waals surface area contributed by atoms with Gasteiger partial charge in [-0.15, -0.1) is 0 Å². The number of hydrogen-bond donors (Lipinski definition) is 3. The van der Waals surface area contributed by atoms with Gasteiger partial charge < -0.3 is 20.3 Å². The molecule has 0 amide bonds. The van der Waals surface area contributed by atoms with Gasteiger partial charge in [0.2, 0.25) is 0 Å². The van der Waals surface area contributed by atoms with E-state index < -0.39 is 11.9 Å². The first-order chi connectivity index (χ1) is 7.95. The molecule has 0 aromatic carbocycles. The quantitative estimate of drug-likeness (QED) is 0.420. The number of carbonyl (C=O) groups is 3. The van der Waals surface area contributed by atoms with Crippen LogP contribution in [-0.2, 0) is 19.1 Å². The van der Waals surface area contributed by atoms with Crippen molar-refractivity contribution in [1.82, 2.24) is 5.32 Å². The molecule has 2 rings (SSSR count). The zero-order valence-electron chi connectivity index (χ0n) is 9.38. The van der Waals surface area contributed by atoms with E-state index in [0.29, 0.717) is 12.1 Å². The third-order valence-electron chi connectivity index (χ3n) is 2.99. The fourth-order valence-corrected chi connectivity index (χ4v) is 2.24. The van der Waals surface area contributed by atoms with Crippen LogP contribution < -0.4 is 5.32 Å². The van der Waals surface area contributed by atoms with Crippen LogP contribution in [-0.4, -0.2) is 47.3 Å². The molecule has 2 aliphatic rings. The lowest BCUT2D eigenvalue weighted by molar-refractivity contribution is -0.159. The van der Waals surface area contributed by atoms with E-state index >= 15 is 0 Å². The maximum Gasteiger partial charge on any atom is 0.414 e. The number of ether oxygens (including phenoxy) is 1. The maximum atomic E-state index is 11.1. The standard InChI is InChI=1S/C8H13NO2.C2H2O4/c1-11-8(10)6-4-5-2-3-7(6)9-5;3-1(4)2(5)6/h5-7,9H,2-4H2,1H3;(H,3,4)(H,5,6). The number of carboxylic acid groups (broad SMARTS) is 2. The van der Waals surface area contributed by atoms with Gasteiger partial charge in [0.25, 0.3) is 0 Å². The molecule has 96 valence electrons. The van der Waals surface area contributed by atoms with Crippen LogP contribution in [0.4, 0.5) is 0 Å². The molecule has 3 unspecified atom stereocenters. The Bertz CT molecular complexity index is 317. The van der Waals surface area contributed by atoms with Crippen LogP contribution in [0.5, 0.6) is 0 Å². The van der Waals surface area contributed by atoms with Gasteiger partial charge in [0.1, 0.15) is 0 Å². The molecule has 7 nitrogen and oxygen atoms in total. The summed E-state index contributed by atoms with van der Waals surface area (Å²) < 4.78 is 4.71. The lowest BCUT2D eigenvalue weighted by Crippen LogP contribution is -2.29. The molecule has 3 atom stereocenters. The number of carbonyl (C=O) groups excluding carboxylic acids is 1. The Hall–Kier alpha value is -1.63. The second-order valence-electron chi connectivity index (χ2n) is 4.02. The van der Waals surface area contributed by atoms with Gasteiger partial charge in [-0.3, -0.25) is 4.79 Å². The number of methoxy groups -OCH3 is 1. The molecule has 0 radical (unpaired) electrons. The van der Waals surface area contributed by atoms with Crippen molar-refractivity contribution in [3.05, 3.63) is 0 Å². The van der Waals surface area contributed by atoms with Crippen molar-refractivity contribution < 1.29 is 29.3 Å². The van der Waals surface area contributed by atoms with Gasteiger partial charge in [-0.1, -0.05) is 0 Å². The molecule has 2 saturated heterocycles. The fourth-order valence-electron chi connectivity index (χ4n) is 2.24. The number of rotatable bonds is 1. The molecule has 0 spiro atoms. The molecule has 2 aliphatic heterocycles. The first-order valence-electron chi connectivity index (χ1n) is 5.25. The lowest BCUT2D eigenvalue weighted by atomic mass is 9.89. The van der Waals surface area contributed by atoms with Crippen molar-refractivity contribution in [3.8, 4) is 0 Å². The molecule has 2 bridgehead atoms. The molecule has 3 N–H and O–H groups in total. The van der Waals surface area contributed by atoms with E-state index in [1.807, 2.05) is 0 Å². The number of carboxylic acids is 2. The SMILES string of the molecule is COC(=O)C1CC2CCC1N2.O=C(O)C(=O)O. The molecule has 7 heteroatoms. The monoisotopic (exact) mass is 245 g/mol. The third kappa shape index (κ3) is 3.42. The van der Waals surface area contributed by atoms with Crippen molar-refractivity contribution in [2.75, 3.05) is 7.11 Å². The number of esters is 1. The van der Waals surface area contributed by atoms with E-state index in [1.165, 1.54) is 13.5 Å². The molecular formula is C10H15NO6. The number of nitrogens with one attached hydrogen (secondary N) is 1. The van der Waals surface area contributed by atoms with Gasteiger partial charge in [-0.05, 0) is 19.3 Å². The summed E-state index contributed by atoms with van der Waals surface area (Å²) >= 11 is 0. The normalized spacial score (nSPS) is 29.1. The van der Waals surface area contributed by atoms with Crippen molar-refractivity contribution in [2.45, 2.75) is 31.3 Å². The van der Waals surface area contributed by atoms with Crippen molar-refractivity contribution in [2.24, 2.45) is 5.92 Å². The van der Waals surface area contributed by atoms with E-state index in [-0.39, 0.29) is 11.9 Å². The van der Waals surface area contributed by atoms with Crippen LogP contribution >= 0.6 is 0 Å². The van der Waals surface area contributed by atoms with Gasteiger partial charge in [-0.2, -0.15) is 0 Å². The highest BCUT2D eigenvalue weighted by Crippen LogP contribution is 2.33. The summed E-state index contributed by atoms with van der Waals surface area (Å²) in [6, 6.07) is 0.997. The first kappa shape index (κ1) is 13.4. The summed E-state index contributed by atoms with van der Waals surface area (Å²) in [6.45, 7) is 0. The Morgan fingerprint density at radius 2 is 1.76 bits per heavy atom. The van der Waals surface area contributed by atoms with Crippen LogP contribution in [0, 0.1) is 5.92 Å². The van der Waals surface area contributed by atoms with Crippen LogP contribution in [0.25, 0.3) is 0 Å². The van der Waals surface area contributed by atoms with Crippen LogP contribution in [0.3, 0.4) is 0 Å². The maximum absolute atomic E-state index is 11.1. The second kappa shape index (κ2) is 5.62. The van der Waals surface area contributed by atoms with E-state index in [0.717, 1.165) is 12.8 Å². The van der Waals surface area contributed by atoms with Crippen molar-refractivity contribution >= 4 is 17.9 Å². The minimum absolute atomic E-state index is 0.0373. The van der Waals surface area contributed by atoms with Gasteiger partial charge in [-0.25, -0.2) is 9.59 Å². The highest BCUT2D eigenvalue weighted by molar-refractivity contribution is 6.27. The molecule has 0 saturated carbocycles. The predicted octanol–water partition coefficient (Wildman–Crippen LogP) is -0.544. The molecule has 0 aromatic rings. The molecule has 0 aromatic heterocycles. The minimum Gasteiger partial charge on any atom is -0.473 e. The van der Waals surface area contributed by atoms with Crippen LogP contribution in [0.2, 0.25) is 0 Å². The Morgan fingerprint density at radius 1 is 1.18 bits per heavy atom. The molecule has 17 heavy (non-hydrogen) atoms. The zero-order valence-corrected chi connectivity index (χ0v) is 9.38. The zero-order chi connectivity index (χ0) is 13.0. The van der Waals surface area contributed by atoms with Gasteiger partial charge in [0.05, 0.1) is 13.0 Å². The van der Waals surface area contributed by atoms with Crippen molar-refractivity contribution in [3.63, 3.8) is 0 Å². The number of fused-ring (bicyclic) bond motifs is 2. The van der Waals surface area contributed by atoms with E-state index in [4.69, 9.17) is 24.5 Å². The Kier molecular flexibility index (Phi) is 4.45. The Morgan fingerprint density at radius 3 is 2.06 bits per heavy atom. The second-order valence-corrected chi connectivity index (χ2v) is 4.02. The summed E-state index contributed by atoms with van der Waals surface area (Å²) in [5, 5.41) is 18.2. The van der Waals surface area contributed by atoms with Crippen LogP contribution in [0.15, 0.2) is 0 Å². The van der Waals surface area contributed by atoms with E-state index in [2.05, 4.69) is 5.32 Å². The van der Waals surface area contributed by atoms with Crippen LogP contribution in [0.1, 0.15) is 19.3 Å². The van der Waals surface area contributed by atoms with Gasteiger partial charge >= 0.3 is 17.9 Å². The van der Waals surface area contributed by atoms with Gasteiger partial charge in [0, 0.05) is 12.1 Å².